The van der Waals surface area contributed by atoms with Gasteiger partial charge >= 0.3 is 0 Å². The number of hydrogen-bond acceptors (Lipinski definition) is 3. The Hall–Kier alpha value is -1.75. The molecule has 0 amide bonds. The third-order valence-corrected chi connectivity index (χ3v) is 3.51. The third-order valence-electron chi connectivity index (χ3n) is 2.41. The van der Waals surface area contributed by atoms with E-state index in [1.54, 1.807) is 24.3 Å². The molecule has 0 unspecified atom stereocenters. The Balaban J connectivity index is 1.67. The minimum atomic E-state index is -0.271. The predicted octanol–water partition coefficient (Wildman–Crippen LogP) is 3.02. The van der Waals surface area contributed by atoms with Crippen molar-refractivity contribution in [2.24, 2.45) is 0 Å². The Bertz CT molecular complexity index is 519. The average molecular weight is 279 g/mol. The summed E-state index contributed by atoms with van der Waals surface area (Å²) in [5.74, 6) is 1.19. The van der Waals surface area contributed by atoms with Crippen molar-refractivity contribution < 1.29 is 13.9 Å². The van der Waals surface area contributed by atoms with Crippen LogP contribution in [0.3, 0.4) is 0 Å². The fourth-order valence-corrected chi connectivity index (χ4v) is 2.32. The van der Waals surface area contributed by atoms with Crippen molar-refractivity contribution >= 4 is 11.8 Å². The molecule has 3 nitrogen and oxygen atoms in total. The van der Waals surface area contributed by atoms with E-state index in [4.69, 9.17) is 4.74 Å². The molecule has 1 aromatic carbocycles. The molecule has 0 fully saturated rings. The van der Waals surface area contributed by atoms with E-state index in [1.807, 2.05) is 6.07 Å². The first kappa shape index (κ1) is 13.7. The molecule has 19 heavy (non-hydrogen) atoms. The van der Waals surface area contributed by atoms with Crippen LogP contribution in [-0.4, -0.2) is 12.4 Å². The van der Waals surface area contributed by atoms with Gasteiger partial charge < -0.3 is 9.94 Å². The van der Waals surface area contributed by atoms with Crippen LogP contribution >= 0.6 is 11.8 Å². The maximum Gasteiger partial charge on any atom is 0.251 e. The van der Waals surface area contributed by atoms with Crippen LogP contribution in [0.25, 0.3) is 0 Å². The van der Waals surface area contributed by atoms with Crippen molar-refractivity contribution in [1.82, 2.24) is 0 Å². The number of ether oxygens (including phenoxy) is 1. The van der Waals surface area contributed by atoms with E-state index in [9.17, 15) is 9.60 Å². The minimum absolute atomic E-state index is 0.271. The second-order valence-electron chi connectivity index (χ2n) is 3.87. The van der Waals surface area contributed by atoms with Gasteiger partial charge in [-0.05, 0) is 36.8 Å². The molecule has 0 aliphatic carbocycles. The van der Waals surface area contributed by atoms with Gasteiger partial charge in [0.15, 0.2) is 6.20 Å². The fourth-order valence-electron chi connectivity index (χ4n) is 1.48. The zero-order valence-corrected chi connectivity index (χ0v) is 11.1. The Morgan fingerprint density at radius 2 is 1.95 bits per heavy atom. The maximum absolute atomic E-state index is 12.7. The lowest BCUT2D eigenvalue weighted by Crippen LogP contribution is -2.27. The third kappa shape index (κ3) is 4.44. The summed E-state index contributed by atoms with van der Waals surface area (Å²) in [4.78, 5) is 0. The largest absolute Gasteiger partial charge is 0.618 e. The molecule has 0 saturated heterocycles. The van der Waals surface area contributed by atoms with Gasteiger partial charge in [0, 0.05) is 17.9 Å². The Labute approximate surface area is 115 Å². The van der Waals surface area contributed by atoms with Crippen molar-refractivity contribution in [3.63, 3.8) is 0 Å². The molecule has 0 atom stereocenters. The molecule has 0 saturated carbocycles. The van der Waals surface area contributed by atoms with Crippen molar-refractivity contribution in [2.75, 3.05) is 12.4 Å². The molecule has 0 aliphatic heterocycles. The zero-order chi connectivity index (χ0) is 13.5. The summed E-state index contributed by atoms with van der Waals surface area (Å²) >= 11 is 1.50. The smallest absolute Gasteiger partial charge is 0.251 e. The summed E-state index contributed by atoms with van der Waals surface area (Å²) in [7, 11) is 0. The van der Waals surface area contributed by atoms with Crippen LogP contribution in [0.2, 0.25) is 0 Å². The molecular weight excluding hydrogens is 265 g/mol. The summed E-state index contributed by atoms with van der Waals surface area (Å²) < 4.78 is 19.0. The molecular formula is C14H14FNO2S. The van der Waals surface area contributed by atoms with Gasteiger partial charge in [-0.15, -0.1) is 0 Å². The molecule has 100 valence electrons. The van der Waals surface area contributed by atoms with Crippen LogP contribution in [-0.2, 0) is 0 Å². The summed E-state index contributed by atoms with van der Waals surface area (Å²) in [6.45, 7) is 0.546. The van der Waals surface area contributed by atoms with E-state index >= 15 is 0 Å². The number of pyridine rings is 1. The van der Waals surface area contributed by atoms with Gasteiger partial charge in [-0.2, -0.15) is 4.73 Å². The average Bonchev–Trinajstić information content (AvgIpc) is 2.42. The van der Waals surface area contributed by atoms with Gasteiger partial charge in [0.1, 0.15) is 11.6 Å². The molecule has 0 spiro atoms. The topological polar surface area (TPSA) is 36.2 Å². The molecule has 5 heteroatoms. The summed E-state index contributed by atoms with van der Waals surface area (Å²) in [6.07, 6.45) is 2.30. The molecule has 0 radical (unpaired) electrons. The first-order valence-electron chi connectivity index (χ1n) is 5.95. The van der Waals surface area contributed by atoms with Crippen molar-refractivity contribution in [3.05, 3.63) is 59.7 Å². The number of benzene rings is 1. The van der Waals surface area contributed by atoms with Gasteiger partial charge in [-0.1, -0.05) is 11.8 Å². The van der Waals surface area contributed by atoms with Gasteiger partial charge in [-0.3, -0.25) is 0 Å². The standard InChI is InChI=1S/C14H14FNO2S/c15-12-5-7-13(8-6-12)18-10-3-11-19-14-4-1-2-9-16(14)17/h1-2,4-9H,3,10-11H2. The van der Waals surface area contributed by atoms with Gasteiger partial charge in [-0.25, -0.2) is 4.39 Å². The van der Waals surface area contributed by atoms with Crippen LogP contribution in [0.15, 0.2) is 53.7 Å². The summed E-state index contributed by atoms with van der Waals surface area (Å²) in [5.41, 5.74) is 0. The Kier molecular flexibility index (Phi) is 5.03. The predicted molar refractivity (Wildman–Crippen MR) is 72.6 cm³/mol. The molecule has 1 aromatic heterocycles. The van der Waals surface area contributed by atoms with Gasteiger partial charge in [0.25, 0.3) is 5.03 Å². The number of hydrogen-bond donors (Lipinski definition) is 0. The summed E-state index contributed by atoms with van der Waals surface area (Å²) in [6, 6.07) is 11.3. The van der Waals surface area contributed by atoms with Crippen LogP contribution < -0.4 is 9.47 Å². The quantitative estimate of drug-likeness (QED) is 0.353. The highest BCUT2D eigenvalue weighted by Crippen LogP contribution is 2.15. The zero-order valence-electron chi connectivity index (χ0n) is 10.3. The van der Waals surface area contributed by atoms with E-state index in [0.717, 1.165) is 16.9 Å². The van der Waals surface area contributed by atoms with E-state index in [-0.39, 0.29) is 5.82 Å². The normalized spacial score (nSPS) is 10.4. The monoisotopic (exact) mass is 279 g/mol. The van der Waals surface area contributed by atoms with Crippen molar-refractivity contribution in [1.29, 1.82) is 0 Å². The maximum atomic E-state index is 12.7. The van der Waals surface area contributed by atoms with Crippen LogP contribution in [0, 0.1) is 11.0 Å². The van der Waals surface area contributed by atoms with Crippen molar-refractivity contribution in [3.8, 4) is 5.75 Å². The van der Waals surface area contributed by atoms with Crippen LogP contribution in [0.1, 0.15) is 6.42 Å². The highest BCUT2D eigenvalue weighted by Gasteiger charge is 2.03. The van der Waals surface area contributed by atoms with E-state index in [1.165, 1.54) is 30.1 Å². The Morgan fingerprint density at radius 3 is 2.68 bits per heavy atom. The number of aromatic nitrogens is 1. The number of nitrogens with zero attached hydrogens (tertiary/aromatic N) is 1. The lowest BCUT2D eigenvalue weighted by atomic mass is 10.3. The van der Waals surface area contributed by atoms with Crippen LogP contribution in [0.5, 0.6) is 5.75 Å². The van der Waals surface area contributed by atoms with Gasteiger partial charge in [0.2, 0.25) is 0 Å². The molecule has 0 aliphatic rings. The molecule has 0 bridgehead atoms. The lowest BCUT2D eigenvalue weighted by molar-refractivity contribution is -0.645. The van der Waals surface area contributed by atoms with E-state index < -0.39 is 0 Å². The molecule has 1 heterocycles. The molecule has 0 N–H and O–H groups in total. The second kappa shape index (κ2) is 6.99. The number of rotatable bonds is 6. The SMILES string of the molecule is [O-][n+]1ccccc1SCCCOc1ccc(F)cc1. The first-order valence-corrected chi connectivity index (χ1v) is 6.93. The van der Waals surface area contributed by atoms with Gasteiger partial charge in [0.05, 0.1) is 6.61 Å². The highest BCUT2D eigenvalue weighted by molar-refractivity contribution is 7.99. The minimum Gasteiger partial charge on any atom is -0.618 e. The van der Waals surface area contributed by atoms with Crippen LogP contribution in [0.4, 0.5) is 4.39 Å². The lowest BCUT2D eigenvalue weighted by Gasteiger charge is -2.06. The Morgan fingerprint density at radius 1 is 1.16 bits per heavy atom. The van der Waals surface area contributed by atoms with E-state index in [2.05, 4.69) is 0 Å². The number of thioether (sulfide) groups is 1. The fraction of sp³-hybridized carbons (Fsp3) is 0.214. The molecule has 2 aromatic rings. The first-order chi connectivity index (χ1) is 9.25. The number of halogens is 1. The van der Waals surface area contributed by atoms with E-state index in [0.29, 0.717) is 17.4 Å². The van der Waals surface area contributed by atoms with Crippen molar-refractivity contribution in [2.45, 2.75) is 11.4 Å². The summed E-state index contributed by atoms with van der Waals surface area (Å²) in [5, 5.41) is 12.0. The molecule has 2 rings (SSSR count). The second-order valence-corrected chi connectivity index (χ2v) is 4.98. The highest BCUT2D eigenvalue weighted by atomic mass is 32.2.